The Morgan fingerprint density at radius 3 is 1.58 bits per heavy atom. The average molecular weight is 246 g/mol. The fourth-order valence-corrected chi connectivity index (χ4v) is 2.74. The van der Waals surface area contributed by atoms with Crippen molar-refractivity contribution >= 4 is 11.1 Å². The molecule has 0 aromatic heterocycles. The van der Waals surface area contributed by atoms with Gasteiger partial charge in [0.25, 0.3) is 0 Å². The van der Waals surface area contributed by atoms with Gasteiger partial charge in [-0.05, 0) is 53.6 Å². The predicted octanol–water partition coefficient (Wildman–Crippen LogP) is 5.32. The van der Waals surface area contributed by atoms with Crippen molar-refractivity contribution in [3.63, 3.8) is 0 Å². The normalized spacial score (nSPS) is 11.9. The van der Waals surface area contributed by atoms with Crippen LogP contribution in [-0.4, -0.2) is 0 Å². The second-order valence-electron chi connectivity index (χ2n) is 5.48. The van der Waals surface area contributed by atoms with Gasteiger partial charge in [0.15, 0.2) is 0 Å². The zero-order valence-electron chi connectivity index (χ0n) is 11.6. The minimum Gasteiger partial charge on any atom is -0.0955 e. The molecule has 1 aliphatic rings. The van der Waals surface area contributed by atoms with Crippen molar-refractivity contribution in [2.24, 2.45) is 0 Å². The highest BCUT2D eigenvalue weighted by molar-refractivity contribution is 5.81. The molecule has 0 heteroatoms. The van der Waals surface area contributed by atoms with Gasteiger partial charge in [-0.3, -0.25) is 0 Å². The molecule has 0 atom stereocenters. The summed E-state index contributed by atoms with van der Waals surface area (Å²) in [5, 5.41) is 0. The number of allylic oxidation sites excluding steroid dienone is 2. The molecule has 0 fully saturated rings. The largest absolute Gasteiger partial charge is 0.0955 e. The molecule has 0 N–H and O–H groups in total. The Labute approximate surface area is 115 Å². The van der Waals surface area contributed by atoms with Gasteiger partial charge in [-0.1, -0.05) is 60.7 Å². The van der Waals surface area contributed by atoms with Crippen LogP contribution < -0.4 is 0 Å². The first kappa shape index (κ1) is 12.0. The molecular weight excluding hydrogens is 228 g/mol. The Morgan fingerprint density at radius 1 is 0.789 bits per heavy atom. The minimum atomic E-state index is 1.02. The molecule has 0 aliphatic heterocycles. The molecule has 0 heterocycles. The van der Waals surface area contributed by atoms with E-state index in [4.69, 9.17) is 0 Å². The molecule has 0 amide bonds. The number of rotatable bonds is 2. The molecule has 94 valence electrons. The van der Waals surface area contributed by atoms with Crippen LogP contribution in [0.25, 0.3) is 22.3 Å². The SMILES string of the molecule is C=C(C)c1ccc2c(c1)Cc1cc(C(=C)C)ccc1-2. The molecule has 0 bridgehead atoms. The maximum Gasteiger partial charge on any atom is -0.00130 e. The Bertz CT molecular complexity index is 640. The van der Waals surface area contributed by atoms with Crippen LogP contribution in [0.3, 0.4) is 0 Å². The molecule has 2 aromatic carbocycles. The molecule has 0 radical (unpaired) electrons. The molecule has 0 spiro atoms. The van der Waals surface area contributed by atoms with Crippen LogP contribution >= 0.6 is 0 Å². The van der Waals surface area contributed by atoms with E-state index in [1.54, 1.807) is 0 Å². The first-order valence-corrected chi connectivity index (χ1v) is 6.64. The second kappa shape index (κ2) is 4.24. The van der Waals surface area contributed by atoms with E-state index in [2.05, 4.69) is 63.4 Å². The van der Waals surface area contributed by atoms with Crippen LogP contribution in [-0.2, 0) is 6.42 Å². The lowest BCUT2D eigenvalue weighted by atomic mass is 9.99. The van der Waals surface area contributed by atoms with Gasteiger partial charge in [-0.25, -0.2) is 0 Å². The summed E-state index contributed by atoms with van der Waals surface area (Å²) in [7, 11) is 0. The van der Waals surface area contributed by atoms with Crippen LogP contribution in [0.1, 0.15) is 36.1 Å². The van der Waals surface area contributed by atoms with Crippen molar-refractivity contribution in [1.82, 2.24) is 0 Å². The smallest absolute Gasteiger partial charge is 0.00130 e. The first-order valence-electron chi connectivity index (χ1n) is 6.64. The van der Waals surface area contributed by atoms with Crippen LogP contribution in [0.2, 0.25) is 0 Å². The van der Waals surface area contributed by atoms with E-state index < -0.39 is 0 Å². The van der Waals surface area contributed by atoms with Crippen molar-refractivity contribution in [1.29, 1.82) is 0 Å². The number of hydrogen-bond donors (Lipinski definition) is 0. The van der Waals surface area contributed by atoms with Crippen LogP contribution in [0.15, 0.2) is 49.6 Å². The summed E-state index contributed by atoms with van der Waals surface area (Å²) in [4.78, 5) is 0. The Balaban J connectivity index is 2.10. The fraction of sp³-hybridized carbons (Fsp3) is 0.158. The third-order valence-corrected chi connectivity index (χ3v) is 3.87. The van der Waals surface area contributed by atoms with Gasteiger partial charge in [0.1, 0.15) is 0 Å². The maximum absolute atomic E-state index is 4.03. The summed E-state index contributed by atoms with van der Waals surface area (Å²) in [5.41, 5.74) is 10.3. The lowest BCUT2D eigenvalue weighted by Gasteiger charge is -2.05. The van der Waals surface area contributed by atoms with Gasteiger partial charge in [0.05, 0.1) is 0 Å². The van der Waals surface area contributed by atoms with E-state index in [-0.39, 0.29) is 0 Å². The summed E-state index contributed by atoms with van der Waals surface area (Å²) < 4.78 is 0. The third kappa shape index (κ3) is 1.94. The lowest BCUT2D eigenvalue weighted by molar-refractivity contribution is 1.25. The second-order valence-corrected chi connectivity index (χ2v) is 5.48. The highest BCUT2D eigenvalue weighted by atomic mass is 14.2. The van der Waals surface area contributed by atoms with Gasteiger partial charge in [0, 0.05) is 0 Å². The van der Waals surface area contributed by atoms with Crippen LogP contribution in [0, 0.1) is 0 Å². The fourth-order valence-electron chi connectivity index (χ4n) is 2.74. The summed E-state index contributed by atoms with van der Waals surface area (Å²) in [6.45, 7) is 12.2. The molecule has 0 saturated carbocycles. The number of hydrogen-bond acceptors (Lipinski definition) is 0. The predicted molar refractivity (Wildman–Crippen MR) is 84.1 cm³/mol. The van der Waals surface area contributed by atoms with E-state index in [0.717, 1.165) is 17.6 Å². The molecule has 3 rings (SSSR count). The van der Waals surface area contributed by atoms with Gasteiger partial charge in [0.2, 0.25) is 0 Å². The molecular formula is C19H18. The van der Waals surface area contributed by atoms with Gasteiger partial charge >= 0.3 is 0 Å². The van der Waals surface area contributed by atoms with E-state index in [1.807, 2.05) is 0 Å². The Kier molecular flexibility index (Phi) is 2.67. The molecule has 19 heavy (non-hydrogen) atoms. The van der Waals surface area contributed by atoms with E-state index in [9.17, 15) is 0 Å². The van der Waals surface area contributed by atoms with Crippen molar-refractivity contribution in [3.8, 4) is 11.1 Å². The Morgan fingerprint density at radius 2 is 1.21 bits per heavy atom. The van der Waals surface area contributed by atoms with Crippen LogP contribution in [0.5, 0.6) is 0 Å². The van der Waals surface area contributed by atoms with Crippen molar-refractivity contribution in [3.05, 3.63) is 71.8 Å². The summed E-state index contributed by atoms with van der Waals surface area (Å²) in [6.07, 6.45) is 1.02. The van der Waals surface area contributed by atoms with Gasteiger partial charge in [-0.15, -0.1) is 0 Å². The number of benzene rings is 2. The number of fused-ring (bicyclic) bond motifs is 3. The van der Waals surface area contributed by atoms with E-state index in [1.165, 1.54) is 33.4 Å². The highest BCUT2D eigenvalue weighted by Crippen LogP contribution is 2.38. The van der Waals surface area contributed by atoms with Gasteiger partial charge < -0.3 is 0 Å². The van der Waals surface area contributed by atoms with Crippen LogP contribution in [0.4, 0.5) is 0 Å². The molecule has 0 nitrogen and oxygen atoms in total. The van der Waals surface area contributed by atoms with E-state index >= 15 is 0 Å². The molecule has 0 unspecified atom stereocenters. The summed E-state index contributed by atoms with van der Waals surface area (Å²) in [6, 6.07) is 13.3. The summed E-state index contributed by atoms with van der Waals surface area (Å²) in [5.74, 6) is 0. The monoisotopic (exact) mass is 246 g/mol. The topological polar surface area (TPSA) is 0 Å². The summed E-state index contributed by atoms with van der Waals surface area (Å²) >= 11 is 0. The standard InChI is InChI=1S/C19H18/c1-12(2)14-5-7-18-16(9-14)11-17-10-15(13(3)4)6-8-19(17)18/h5-10H,1,3,11H2,2,4H3. The molecule has 2 aromatic rings. The average Bonchev–Trinajstić information content (AvgIpc) is 2.74. The maximum atomic E-state index is 4.03. The highest BCUT2D eigenvalue weighted by Gasteiger charge is 2.18. The van der Waals surface area contributed by atoms with Crippen molar-refractivity contribution < 1.29 is 0 Å². The first-order chi connectivity index (χ1) is 9.06. The van der Waals surface area contributed by atoms with Crippen molar-refractivity contribution in [2.75, 3.05) is 0 Å². The quantitative estimate of drug-likeness (QED) is 0.573. The molecule has 1 aliphatic carbocycles. The zero-order chi connectivity index (χ0) is 13.6. The lowest BCUT2D eigenvalue weighted by Crippen LogP contribution is -1.84. The van der Waals surface area contributed by atoms with Gasteiger partial charge in [-0.2, -0.15) is 0 Å². The minimum absolute atomic E-state index is 1.02. The Hall–Kier alpha value is -2.08. The van der Waals surface area contributed by atoms with Crippen molar-refractivity contribution in [2.45, 2.75) is 20.3 Å². The molecule has 0 saturated heterocycles. The zero-order valence-corrected chi connectivity index (χ0v) is 11.6. The van der Waals surface area contributed by atoms with E-state index in [0.29, 0.717) is 0 Å². The third-order valence-electron chi connectivity index (χ3n) is 3.87.